The summed E-state index contributed by atoms with van der Waals surface area (Å²) < 4.78 is 57.9. The van der Waals surface area contributed by atoms with Crippen LogP contribution in [0.2, 0.25) is 0 Å². The minimum Gasteiger partial charge on any atom is -0.309 e. The maximum Gasteiger partial charge on any atom is 0.416 e. The molecule has 486 valence electrons. The number of fused-ring (bicyclic) bond motifs is 18. The molecule has 6 aromatic heterocycles. The zero-order chi connectivity index (χ0) is 69.2. The van der Waals surface area contributed by atoms with Gasteiger partial charge in [0.15, 0.2) is 0 Å². The molecular weight excluding hydrogens is 1290 g/mol. The Morgan fingerprint density at radius 1 is 0.231 bits per heavy atom. The first-order valence-corrected chi connectivity index (χ1v) is 34.6. The molecule has 0 aliphatic heterocycles. The van der Waals surface area contributed by atoms with Crippen LogP contribution in [0.1, 0.15) is 16.7 Å². The van der Waals surface area contributed by atoms with Crippen molar-refractivity contribution in [3.63, 3.8) is 0 Å². The number of halogens is 3. The first-order chi connectivity index (χ1) is 51.1. The van der Waals surface area contributed by atoms with Gasteiger partial charge in [-0.25, -0.2) is 0 Å². The molecule has 0 fully saturated rings. The van der Waals surface area contributed by atoms with Crippen molar-refractivity contribution in [2.45, 2.75) is 6.18 Å². The van der Waals surface area contributed by atoms with Crippen LogP contribution < -0.4 is 0 Å². The van der Waals surface area contributed by atoms with E-state index in [1.807, 2.05) is 36.4 Å². The fraction of sp³-hybridized carbons (Fsp3) is 0.0108. The molecular formula is C93H53F3N8. The van der Waals surface area contributed by atoms with E-state index in [2.05, 4.69) is 306 Å². The number of alkyl halides is 3. The highest BCUT2D eigenvalue weighted by Crippen LogP contribution is 2.47. The van der Waals surface area contributed by atoms with Gasteiger partial charge >= 0.3 is 6.18 Å². The molecule has 0 unspecified atom stereocenters. The number of aromatic nitrogens is 6. The van der Waals surface area contributed by atoms with Crippen LogP contribution in [0.3, 0.4) is 0 Å². The number of nitriles is 2. The topological polar surface area (TPSA) is 77.2 Å². The zero-order valence-corrected chi connectivity index (χ0v) is 55.3. The monoisotopic (exact) mass is 1340 g/mol. The number of hydrogen-bond acceptors (Lipinski definition) is 2. The van der Waals surface area contributed by atoms with Crippen LogP contribution in [0.15, 0.2) is 322 Å². The fourth-order valence-corrected chi connectivity index (χ4v) is 17.1. The van der Waals surface area contributed by atoms with E-state index in [4.69, 9.17) is 0 Å². The molecule has 104 heavy (non-hydrogen) atoms. The van der Waals surface area contributed by atoms with Crippen LogP contribution in [0.25, 0.3) is 187 Å². The summed E-state index contributed by atoms with van der Waals surface area (Å²) in [7, 11) is 0. The van der Waals surface area contributed by atoms with Crippen LogP contribution in [-0.2, 0) is 6.18 Å². The van der Waals surface area contributed by atoms with Gasteiger partial charge in [0.25, 0.3) is 0 Å². The molecule has 0 N–H and O–H groups in total. The standard InChI is InChI=1S/C93H53F3N8/c94-93(95,96)59-35-40-64(58(48-59)55-98)57-34-42-88(104-91-45-38-62(101-83-29-13-5-21-69(83)70-22-6-14-30-84(70)101)52-77(91)78-53-63(39-46-92(78)104)102-85-31-15-7-23-71(85)72-24-8-16-32-86(72)102)74(49-57)73-47-56(54-97)33-41-87(73)103-89-43-36-60(99-79-25-9-1-17-65(79)66-18-2-10-26-80(66)99)50-75(89)76-51-61(37-44-90(76)103)100-81-27-11-3-19-67(81)68-20-4-12-28-82(68)100/h1-53H. The Bertz CT molecular complexity index is 6840. The molecule has 0 saturated heterocycles. The predicted molar refractivity (Wildman–Crippen MR) is 418 cm³/mol. The second-order valence-corrected chi connectivity index (χ2v) is 26.9. The Kier molecular flexibility index (Phi) is 12.5. The van der Waals surface area contributed by atoms with Crippen LogP contribution in [0.4, 0.5) is 13.2 Å². The molecule has 15 aromatic carbocycles. The molecule has 11 heteroatoms. The van der Waals surface area contributed by atoms with E-state index in [9.17, 15) is 23.7 Å². The number of nitrogens with zero attached hydrogens (tertiary/aromatic N) is 8. The Hall–Kier alpha value is -14.1. The van der Waals surface area contributed by atoms with Crippen LogP contribution in [0, 0.1) is 22.7 Å². The van der Waals surface area contributed by atoms with Crippen LogP contribution >= 0.6 is 0 Å². The number of benzene rings is 15. The molecule has 6 heterocycles. The summed E-state index contributed by atoms with van der Waals surface area (Å²) >= 11 is 0. The molecule has 0 aliphatic carbocycles. The number of hydrogen-bond donors (Lipinski definition) is 0. The molecule has 0 radical (unpaired) electrons. The summed E-state index contributed by atoms with van der Waals surface area (Å²) in [5, 5.41) is 35.1. The highest BCUT2D eigenvalue weighted by molar-refractivity contribution is 6.17. The Morgan fingerprint density at radius 3 is 0.817 bits per heavy atom. The van der Waals surface area contributed by atoms with Crippen molar-refractivity contribution < 1.29 is 13.2 Å². The van der Waals surface area contributed by atoms with E-state index in [0.717, 1.165) is 177 Å². The van der Waals surface area contributed by atoms with Gasteiger partial charge in [0, 0.05) is 98.5 Å². The molecule has 0 atom stereocenters. The summed E-state index contributed by atoms with van der Waals surface area (Å²) in [6.45, 7) is 0. The summed E-state index contributed by atoms with van der Waals surface area (Å²) in [6.07, 6.45) is -4.69. The molecule has 0 saturated carbocycles. The van der Waals surface area contributed by atoms with E-state index < -0.39 is 11.7 Å². The average molecular weight is 1340 g/mol. The minimum atomic E-state index is -4.69. The number of para-hydroxylation sites is 8. The average Bonchev–Trinajstić information content (AvgIpc) is 1.56. The summed E-state index contributed by atoms with van der Waals surface area (Å²) in [5.41, 5.74) is 19.0. The van der Waals surface area contributed by atoms with Gasteiger partial charge in [0.2, 0.25) is 0 Å². The molecule has 0 bridgehead atoms. The molecule has 0 amide bonds. The van der Waals surface area contributed by atoms with Crippen molar-refractivity contribution in [1.29, 1.82) is 10.5 Å². The smallest absolute Gasteiger partial charge is 0.309 e. The van der Waals surface area contributed by atoms with E-state index in [1.165, 1.54) is 6.07 Å². The van der Waals surface area contributed by atoms with Crippen molar-refractivity contribution in [1.82, 2.24) is 27.4 Å². The summed E-state index contributed by atoms with van der Waals surface area (Å²) in [5.74, 6) is 0. The van der Waals surface area contributed by atoms with Gasteiger partial charge in [0.1, 0.15) is 0 Å². The van der Waals surface area contributed by atoms with E-state index in [-0.39, 0.29) is 5.56 Å². The van der Waals surface area contributed by atoms with Crippen molar-refractivity contribution in [3.8, 4) is 68.5 Å². The third-order valence-corrected chi connectivity index (χ3v) is 21.5. The fourth-order valence-electron chi connectivity index (χ4n) is 17.1. The minimum absolute atomic E-state index is 0.128. The third-order valence-electron chi connectivity index (χ3n) is 21.5. The second kappa shape index (κ2) is 22.2. The lowest BCUT2D eigenvalue weighted by molar-refractivity contribution is -0.137. The summed E-state index contributed by atoms with van der Waals surface area (Å²) in [4.78, 5) is 0. The van der Waals surface area contributed by atoms with Crippen LogP contribution in [-0.4, -0.2) is 27.4 Å². The summed E-state index contributed by atoms with van der Waals surface area (Å²) in [6, 6.07) is 115. The van der Waals surface area contributed by atoms with E-state index >= 15 is 0 Å². The van der Waals surface area contributed by atoms with Gasteiger partial charge in [-0.2, -0.15) is 23.7 Å². The first kappa shape index (κ1) is 58.8. The highest BCUT2D eigenvalue weighted by Gasteiger charge is 2.32. The Balaban J connectivity index is 0.864. The molecule has 0 aliphatic rings. The second-order valence-electron chi connectivity index (χ2n) is 26.9. The predicted octanol–water partition coefficient (Wildman–Crippen LogP) is 24.4. The van der Waals surface area contributed by atoms with Gasteiger partial charge in [-0.3, -0.25) is 0 Å². The van der Waals surface area contributed by atoms with Gasteiger partial charge in [-0.05, 0) is 175 Å². The van der Waals surface area contributed by atoms with Crippen molar-refractivity contribution in [2.24, 2.45) is 0 Å². The SMILES string of the molecule is N#Cc1ccc(-n2c3ccc(-n4c5ccccc5c5ccccc54)cc3c3cc(-n4c5ccccc5c5ccccc54)ccc32)c(-c2cc(-c3ccc(C(F)(F)F)cc3C#N)ccc2-n2c3ccc(-n4c5ccccc5c5ccccc54)cc3c3cc(-n4c5ccccc5c5ccccc54)ccc32)c1. The Labute approximate surface area is 591 Å². The lowest BCUT2D eigenvalue weighted by Crippen LogP contribution is -2.05. The normalized spacial score (nSPS) is 12.2. The quantitative estimate of drug-likeness (QED) is 0.152. The van der Waals surface area contributed by atoms with Gasteiger partial charge < -0.3 is 27.4 Å². The molecule has 0 spiro atoms. The lowest BCUT2D eigenvalue weighted by Gasteiger charge is -2.21. The van der Waals surface area contributed by atoms with Gasteiger partial charge in [0.05, 0.1) is 106 Å². The molecule has 21 rings (SSSR count). The first-order valence-electron chi connectivity index (χ1n) is 34.6. The molecule has 8 nitrogen and oxygen atoms in total. The maximum absolute atomic E-state index is 14.6. The van der Waals surface area contributed by atoms with Crippen molar-refractivity contribution >= 4 is 131 Å². The number of rotatable bonds is 8. The molecule has 21 aromatic rings. The van der Waals surface area contributed by atoms with Crippen LogP contribution in [0.5, 0.6) is 0 Å². The van der Waals surface area contributed by atoms with Crippen molar-refractivity contribution in [3.05, 3.63) is 338 Å². The zero-order valence-electron chi connectivity index (χ0n) is 55.3. The van der Waals surface area contributed by atoms with E-state index in [1.54, 1.807) is 0 Å². The lowest BCUT2D eigenvalue weighted by atomic mass is 9.92. The van der Waals surface area contributed by atoms with Gasteiger partial charge in [-0.1, -0.05) is 158 Å². The maximum atomic E-state index is 14.6. The Morgan fingerprint density at radius 2 is 0.519 bits per heavy atom. The van der Waals surface area contributed by atoms with Gasteiger partial charge in [-0.15, -0.1) is 0 Å². The van der Waals surface area contributed by atoms with E-state index in [0.29, 0.717) is 27.8 Å². The highest BCUT2D eigenvalue weighted by atomic mass is 19.4. The third kappa shape index (κ3) is 8.53. The van der Waals surface area contributed by atoms with Crippen molar-refractivity contribution in [2.75, 3.05) is 0 Å². The largest absolute Gasteiger partial charge is 0.416 e.